The molecule has 2 rings (SSSR count). The van der Waals surface area contributed by atoms with E-state index < -0.39 is 0 Å². The lowest BCUT2D eigenvalue weighted by atomic mass is 9.94. The van der Waals surface area contributed by atoms with Crippen molar-refractivity contribution in [1.29, 1.82) is 0 Å². The summed E-state index contributed by atoms with van der Waals surface area (Å²) in [6, 6.07) is 2.18. The van der Waals surface area contributed by atoms with Crippen molar-refractivity contribution in [3.63, 3.8) is 0 Å². The Morgan fingerprint density at radius 2 is 2.10 bits per heavy atom. The van der Waals surface area contributed by atoms with Crippen molar-refractivity contribution in [3.05, 3.63) is 19.2 Å². The van der Waals surface area contributed by atoms with Crippen molar-refractivity contribution in [3.8, 4) is 0 Å². The Morgan fingerprint density at radius 1 is 1.38 bits per heavy atom. The number of thiophene rings is 1. The first kappa shape index (κ1) is 17.4. The maximum atomic E-state index is 11.9. The van der Waals surface area contributed by atoms with Crippen LogP contribution in [0, 0.1) is 0 Å². The number of nitrogens with two attached hydrogens (primary N) is 1. The van der Waals surface area contributed by atoms with E-state index in [1.165, 1.54) is 11.3 Å². The summed E-state index contributed by atoms with van der Waals surface area (Å²) in [5, 5.41) is 2.91. The van der Waals surface area contributed by atoms with Gasteiger partial charge in [-0.3, -0.25) is 4.79 Å². The van der Waals surface area contributed by atoms with Gasteiger partial charge in [0.1, 0.15) is 0 Å². The molecule has 1 aliphatic rings. The van der Waals surface area contributed by atoms with E-state index in [9.17, 15) is 4.79 Å². The van der Waals surface area contributed by atoms with Gasteiger partial charge in [0.25, 0.3) is 5.91 Å². The van der Waals surface area contributed by atoms with E-state index in [4.69, 9.17) is 10.5 Å². The van der Waals surface area contributed by atoms with E-state index in [0.29, 0.717) is 30.2 Å². The van der Waals surface area contributed by atoms with Gasteiger partial charge in [-0.2, -0.15) is 0 Å². The molecule has 0 atom stereocenters. The quantitative estimate of drug-likeness (QED) is 0.664. The molecule has 0 aliphatic heterocycles. The molecule has 1 saturated carbocycles. The maximum absolute atomic E-state index is 11.9. The molecule has 0 spiro atoms. The fraction of sp³-hybridized carbons (Fsp3) is 0.643. The molecule has 1 heterocycles. The van der Waals surface area contributed by atoms with Crippen molar-refractivity contribution in [2.24, 2.45) is 5.73 Å². The van der Waals surface area contributed by atoms with Gasteiger partial charge in [-0.25, -0.2) is 0 Å². The molecular weight excluding hydrogens is 420 g/mol. The molecule has 1 fully saturated rings. The van der Waals surface area contributed by atoms with Gasteiger partial charge >= 0.3 is 0 Å². The van der Waals surface area contributed by atoms with Crippen molar-refractivity contribution in [1.82, 2.24) is 5.32 Å². The SMILES string of the molecule is NC1CCC(OCCCNC(=O)c2cc(Br)c(Br)s2)CC1. The fourth-order valence-corrected chi connectivity index (χ4v) is 4.28. The van der Waals surface area contributed by atoms with Gasteiger partial charge in [-0.15, -0.1) is 11.3 Å². The molecule has 4 nitrogen and oxygen atoms in total. The zero-order chi connectivity index (χ0) is 15.2. The highest BCUT2D eigenvalue weighted by Crippen LogP contribution is 2.32. The van der Waals surface area contributed by atoms with Crippen LogP contribution in [0.3, 0.4) is 0 Å². The molecule has 1 amide bonds. The van der Waals surface area contributed by atoms with Crippen LogP contribution in [0.4, 0.5) is 0 Å². The lowest BCUT2D eigenvalue weighted by molar-refractivity contribution is 0.0241. The molecular formula is C14H20Br2N2O2S. The van der Waals surface area contributed by atoms with Crippen LogP contribution in [0.5, 0.6) is 0 Å². The summed E-state index contributed by atoms with van der Waals surface area (Å²) in [5.41, 5.74) is 5.87. The average Bonchev–Trinajstić information content (AvgIpc) is 2.80. The summed E-state index contributed by atoms with van der Waals surface area (Å²) in [5.74, 6) is -0.0324. The molecule has 1 aromatic rings. The Morgan fingerprint density at radius 3 is 2.71 bits per heavy atom. The Labute approximate surface area is 146 Å². The first-order valence-corrected chi connectivity index (χ1v) is 9.56. The first-order valence-electron chi connectivity index (χ1n) is 7.16. The summed E-state index contributed by atoms with van der Waals surface area (Å²) in [6.07, 6.45) is 5.43. The van der Waals surface area contributed by atoms with E-state index in [2.05, 4.69) is 37.2 Å². The summed E-state index contributed by atoms with van der Waals surface area (Å²) >= 11 is 8.19. The van der Waals surface area contributed by atoms with Gasteiger partial charge in [0.2, 0.25) is 0 Å². The van der Waals surface area contributed by atoms with Gasteiger partial charge in [-0.1, -0.05) is 0 Å². The molecule has 0 bridgehead atoms. The molecule has 21 heavy (non-hydrogen) atoms. The molecule has 0 unspecified atom stereocenters. The van der Waals surface area contributed by atoms with Crippen molar-refractivity contribution in [2.75, 3.05) is 13.2 Å². The van der Waals surface area contributed by atoms with Crippen LogP contribution in [-0.2, 0) is 4.74 Å². The van der Waals surface area contributed by atoms with Crippen LogP contribution < -0.4 is 11.1 Å². The van der Waals surface area contributed by atoms with E-state index in [-0.39, 0.29) is 5.91 Å². The summed E-state index contributed by atoms with van der Waals surface area (Å²) in [6.45, 7) is 1.33. The summed E-state index contributed by atoms with van der Waals surface area (Å²) in [7, 11) is 0. The molecule has 7 heteroatoms. The topological polar surface area (TPSA) is 64.3 Å². The minimum Gasteiger partial charge on any atom is -0.378 e. The molecule has 1 aromatic heterocycles. The minimum absolute atomic E-state index is 0.0324. The number of ether oxygens (including phenoxy) is 1. The highest BCUT2D eigenvalue weighted by molar-refractivity contribution is 9.13. The third-order valence-electron chi connectivity index (χ3n) is 3.55. The molecule has 0 aromatic carbocycles. The highest BCUT2D eigenvalue weighted by atomic mass is 79.9. The summed E-state index contributed by atoms with van der Waals surface area (Å²) < 4.78 is 7.67. The fourth-order valence-electron chi connectivity index (χ4n) is 2.32. The molecule has 0 radical (unpaired) electrons. The van der Waals surface area contributed by atoms with Gasteiger partial charge in [0.05, 0.1) is 14.8 Å². The van der Waals surface area contributed by atoms with Crippen LogP contribution in [0.15, 0.2) is 14.3 Å². The Balaban J connectivity index is 1.58. The van der Waals surface area contributed by atoms with Crippen LogP contribution in [0.25, 0.3) is 0 Å². The van der Waals surface area contributed by atoms with Crippen LogP contribution in [0.1, 0.15) is 41.8 Å². The van der Waals surface area contributed by atoms with Crippen molar-refractivity contribution in [2.45, 2.75) is 44.2 Å². The zero-order valence-corrected chi connectivity index (χ0v) is 15.7. The van der Waals surface area contributed by atoms with Gasteiger partial charge < -0.3 is 15.8 Å². The van der Waals surface area contributed by atoms with E-state index >= 15 is 0 Å². The van der Waals surface area contributed by atoms with Gasteiger partial charge in [0, 0.05) is 23.7 Å². The number of rotatable bonds is 6. The monoisotopic (exact) mass is 438 g/mol. The number of hydrogen-bond donors (Lipinski definition) is 2. The Hall–Kier alpha value is 0.0500. The molecule has 1 aliphatic carbocycles. The predicted molar refractivity (Wildman–Crippen MR) is 92.9 cm³/mol. The average molecular weight is 440 g/mol. The Kier molecular flexibility index (Phi) is 7.15. The molecule has 3 N–H and O–H groups in total. The smallest absolute Gasteiger partial charge is 0.261 e. The second-order valence-electron chi connectivity index (χ2n) is 5.25. The Bertz CT molecular complexity index is 454. The third kappa shape index (κ3) is 5.63. The lowest BCUT2D eigenvalue weighted by Crippen LogP contribution is -2.31. The second kappa shape index (κ2) is 8.62. The number of hydrogen-bond acceptors (Lipinski definition) is 4. The molecule has 118 valence electrons. The number of carbonyl (C=O) groups excluding carboxylic acids is 1. The zero-order valence-electron chi connectivity index (χ0n) is 11.7. The van der Waals surface area contributed by atoms with E-state index in [1.807, 2.05) is 6.07 Å². The number of nitrogens with one attached hydrogen (secondary N) is 1. The third-order valence-corrected chi connectivity index (χ3v) is 6.80. The molecule has 0 saturated heterocycles. The second-order valence-corrected chi connectivity index (χ2v) is 8.47. The van der Waals surface area contributed by atoms with E-state index in [0.717, 1.165) is 40.4 Å². The lowest BCUT2D eigenvalue weighted by Gasteiger charge is -2.26. The summed E-state index contributed by atoms with van der Waals surface area (Å²) in [4.78, 5) is 12.6. The number of halogens is 2. The van der Waals surface area contributed by atoms with E-state index in [1.54, 1.807) is 0 Å². The predicted octanol–water partition coefficient (Wildman–Crippen LogP) is 3.68. The van der Waals surface area contributed by atoms with Gasteiger partial charge in [0.15, 0.2) is 0 Å². The normalized spacial score (nSPS) is 22.2. The van der Waals surface area contributed by atoms with Crippen molar-refractivity contribution >= 4 is 49.1 Å². The van der Waals surface area contributed by atoms with Crippen molar-refractivity contribution < 1.29 is 9.53 Å². The first-order chi connectivity index (χ1) is 10.1. The van der Waals surface area contributed by atoms with Crippen LogP contribution >= 0.6 is 43.2 Å². The van der Waals surface area contributed by atoms with Crippen LogP contribution in [-0.4, -0.2) is 31.2 Å². The largest absolute Gasteiger partial charge is 0.378 e. The maximum Gasteiger partial charge on any atom is 0.261 e. The number of amides is 1. The standard InChI is InChI=1S/C14H20Br2N2O2S/c15-11-8-12(21-13(11)16)14(19)18-6-1-7-20-10-4-2-9(17)3-5-10/h8-10H,1-7,17H2,(H,18,19). The number of carbonyl (C=O) groups is 1. The highest BCUT2D eigenvalue weighted by Gasteiger charge is 2.18. The van der Waals surface area contributed by atoms with Crippen LogP contribution in [0.2, 0.25) is 0 Å². The minimum atomic E-state index is -0.0324. The van der Waals surface area contributed by atoms with Gasteiger partial charge in [-0.05, 0) is 70.0 Å².